The molecule has 1 heterocycles. The van der Waals surface area contributed by atoms with Crippen LogP contribution in [0, 0.1) is 5.41 Å². The Morgan fingerprint density at radius 2 is 1.55 bits per heavy atom. The van der Waals surface area contributed by atoms with Gasteiger partial charge >= 0.3 is 12.1 Å². The topological polar surface area (TPSA) is 276 Å². The molecular weight excluding hydrogens is 733 g/mol. The molecule has 282 valence electrons. The van der Waals surface area contributed by atoms with Gasteiger partial charge in [-0.05, 0) is 93.3 Å². The van der Waals surface area contributed by atoms with Gasteiger partial charge in [-0.15, -0.1) is 0 Å². The zero-order valence-electron chi connectivity index (χ0n) is 28.3. The van der Waals surface area contributed by atoms with Crippen LogP contribution in [0.25, 0.3) is 33.4 Å². The van der Waals surface area contributed by atoms with Gasteiger partial charge in [-0.25, -0.2) is 9.59 Å². The number of alkyl carbamates (subject to hydrolysis) is 1. The lowest BCUT2D eigenvalue weighted by Gasteiger charge is -2.20. The molecule has 0 aromatic heterocycles. The van der Waals surface area contributed by atoms with Crippen LogP contribution in [0.5, 0.6) is 0 Å². The molecule has 3 aliphatic rings. The average Bonchev–Trinajstić information content (AvgIpc) is 3.06. The van der Waals surface area contributed by atoms with E-state index in [1.165, 1.54) is 24.3 Å². The number of anilines is 1. The fourth-order valence-corrected chi connectivity index (χ4v) is 7.72. The Morgan fingerprint density at radius 1 is 0.868 bits per heavy atom. The number of hydrogen-bond donors (Lipinski definition) is 7. The molecule has 5 rings (SSSR count). The highest BCUT2D eigenvalue weighted by atomic mass is 32.2. The lowest BCUT2D eigenvalue weighted by molar-refractivity contribution is 0.0697. The summed E-state index contributed by atoms with van der Waals surface area (Å²) >= 11 is 0. The number of hydrogen-bond acceptors (Lipinski definition) is 11. The minimum absolute atomic E-state index is 0.0376. The van der Waals surface area contributed by atoms with Crippen LogP contribution >= 0.6 is 0 Å². The first kappa shape index (κ1) is 38.9. The van der Waals surface area contributed by atoms with Crippen LogP contribution < -0.4 is 21.7 Å². The van der Waals surface area contributed by atoms with Gasteiger partial charge in [0.2, 0.25) is 0 Å². The van der Waals surface area contributed by atoms with E-state index in [2.05, 4.69) is 22.8 Å². The maximum absolute atomic E-state index is 13.1. The van der Waals surface area contributed by atoms with Crippen LogP contribution in [-0.2, 0) is 25.0 Å². The van der Waals surface area contributed by atoms with Gasteiger partial charge in [-0.1, -0.05) is 18.2 Å². The van der Waals surface area contributed by atoms with Crippen molar-refractivity contribution in [3.05, 3.63) is 71.1 Å². The Morgan fingerprint density at radius 3 is 2.25 bits per heavy atom. The number of nitrogens with one attached hydrogen (secondary N) is 3. The second-order valence-corrected chi connectivity index (χ2v) is 15.1. The Bertz CT molecular complexity index is 2350. The number of aromatic carboxylic acids is 1. The van der Waals surface area contributed by atoms with E-state index >= 15 is 0 Å². The lowest BCUT2D eigenvalue weighted by atomic mass is 9.89. The normalized spacial score (nSPS) is 15.7. The van der Waals surface area contributed by atoms with Gasteiger partial charge in [0.25, 0.3) is 26.1 Å². The molecule has 8 N–H and O–H groups in total. The number of carbonyl (C=O) groups excluding carboxylic acids is 2. The number of allylic oxidation sites excluding steroid dienone is 2. The summed E-state index contributed by atoms with van der Waals surface area (Å²) in [5.41, 5.74) is 3.81. The van der Waals surface area contributed by atoms with Crippen molar-refractivity contribution in [2.75, 3.05) is 18.8 Å². The third-order valence-corrected chi connectivity index (χ3v) is 10.6. The van der Waals surface area contributed by atoms with Crippen molar-refractivity contribution in [2.45, 2.75) is 67.3 Å². The Labute approximate surface area is 304 Å². The molecule has 0 fully saturated rings. The van der Waals surface area contributed by atoms with E-state index in [9.17, 15) is 45.4 Å². The van der Waals surface area contributed by atoms with Gasteiger partial charge in [0.1, 0.15) is 6.10 Å². The van der Waals surface area contributed by atoms with Gasteiger partial charge in [0.05, 0.1) is 16.6 Å². The SMILES string of the molecule is N=c1ccc2c(-c3ccc(C(=O)NCCCCCNC(=O)OC4CC/C=C/CCC4)cc3C(=O)O)c3ccc(N)c(S(=O)(=O)O)c3oc-2c1S(=O)(=O)O. The van der Waals surface area contributed by atoms with Gasteiger partial charge in [-0.3, -0.25) is 19.3 Å². The number of carboxylic acid groups (broad SMARTS) is 1. The van der Waals surface area contributed by atoms with Crippen molar-refractivity contribution in [1.29, 1.82) is 5.41 Å². The quantitative estimate of drug-likeness (QED) is 0.0330. The summed E-state index contributed by atoms with van der Waals surface area (Å²) in [5.74, 6) is -2.82. The summed E-state index contributed by atoms with van der Waals surface area (Å²) in [6, 6.07) is 8.26. The number of fused-ring (bicyclic) bond motifs is 2. The monoisotopic (exact) mass is 770 g/mol. The van der Waals surface area contributed by atoms with Crippen molar-refractivity contribution < 1.29 is 54.6 Å². The van der Waals surface area contributed by atoms with Crippen LogP contribution in [0.15, 0.2) is 68.8 Å². The molecule has 0 bridgehead atoms. The first-order valence-electron chi connectivity index (χ1n) is 16.6. The summed E-state index contributed by atoms with van der Waals surface area (Å²) in [6.07, 6.45) is 9.93. The summed E-state index contributed by atoms with van der Waals surface area (Å²) in [7, 11) is -10.3. The van der Waals surface area contributed by atoms with Crippen LogP contribution in [0.3, 0.4) is 0 Å². The summed E-state index contributed by atoms with van der Waals surface area (Å²) < 4.78 is 80.8. The third-order valence-electron chi connectivity index (χ3n) is 8.70. The van der Waals surface area contributed by atoms with E-state index < -0.39 is 75.9 Å². The molecule has 1 unspecified atom stereocenters. The highest BCUT2D eigenvalue weighted by molar-refractivity contribution is 7.86. The molecule has 53 heavy (non-hydrogen) atoms. The van der Waals surface area contributed by atoms with E-state index in [0.717, 1.165) is 50.3 Å². The van der Waals surface area contributed by atoms with Crippen LogP contribution in [0.4, 0.5) is 10.5 Å². The first-order valence-corrected chi connectivity index (χ1v) is 19.5. The molecule has 2 amide bonds. The molecule has 2 aromatic carbocycles. The number of benzene rings is 3. The molecule has 1 atom stereocenters. The number of unbranched alkanes of at least 4 members (excludes halogenated alkanes) is 2. The number of nitrogens with two attached hydrogens (primary N) is 1. The van der Waals surface area contributed by atoms with E-state index in [1.54, 1.807) is 0 Å². The number of ether oxygens (including phenoxy) is 1. The molecule has 0 saturated heterocycles. The van der Waals surface area contributed by atoms with Crippen LogP contribution in [0.2, 0.25) is 0 Å². The van der Waals surface area contributed by atoms with Gasteiger partial charge in [-0.2, -0.15) is 16.8 Å². The van der Waals surface area contributed by atoms with Crippen molar-refractivity contribution >= 4 is 54.9 Å². The molecule has 0 radical (unpaired) electrons. The third kappa shape index (κ3) is 9.02. The van der Waals surface area contributed by atoms with E-state index in [1.807, 2.05) is 0 Å². The number of nitrogen functional groups attached to an aromatic ring is 1. The van der Waals surface area contributed by atoms with Crippen molar-refractivity contribution in [3.8, 4) is 22.5 Å². The zero-order valence-corrected chi connectivity index (χ0v) is 29.9. The maximum Gasteiger partial charge on any atom is 0.407 e. The number of amides is 2. The predicted molar refractivity (Wildman–Crippen MR) is 192 cm³/mol. The van der Waals surface area contributed by atoms with Crippen LogP contribution in [-0.4, -0.2) is 68.2 Å². The minimum Gasteiger partial charge on any atom is -0.478 e. The molecular formula is C35H38N4O12S2. The van der Waals surface area contributed by atoms with E-state index in [-0.39, 0.29) is 40.3 Å². The highest BCUT2D eigenvalue weighted by Gasteiger charge is 2.32. The molecule has 18 heteroatoms. The molecule has 2 aromatic rings. The number of carboxylic acids is 1. The minimum atomic E-state index is -5.18. The summed E-state index contributed by atoms with van der Waals surface area (Å²) in [5, 5.41) is 23.0. The van der Waals surface area contributed by atoms with Gasteiger partial charge in [0.15, 0.2) is 21.1 Å². The summed E-state index contributed by atoms with van der Waals surface area (Å²) in [4.78, 5) is 35.9. The van der Waals surface area contributed by atoms with E-state index in [4.69, 9.17) is 20.3 Å². The first-order chi connectivity index (χ1) is 25.1. The average molecular weight is 771 g/mol. The predicted octanol–water partition coefficient (Wildman–Crippen LogP) is 4.97. The summed E-state index contributed by atoms with van der Waals surface area (Å²) in [6.45, 7) is 0.637. The standard InChI is InChI=1S/C35H38N4O12S2/c36-26-15-13-23-28(24-14-16-27(37)32(53(47,48)49)30(24)51-29(23)31(26)52(44,45)46)22-12-11-20(19-25(22)34(41)42)33(40)38-17-7-4-8-18-39-35(43)50-21-9-5-2-1-3-6-10-21/h1-2,11-16,19,21,36H,3-10,17-18,37H2,(H,38,40)(H,39,43)(H,41,42)(H,44,45,46)(H,47,48,49)/b2-1+,36-26?. The molecule has 16 nitrogen and oxygen atoms in total. The highest BCUT2D eigenvalue weighted by Crippen LogP contribution is 2.45. The number of carbonyl (C=O) groups is 3. The molecule has 0 spiro atoms. The largest absolute Gasteiger partial charge is 0.478 e. The van der Waals surface area contributed by atoms with Gasteiger partial charge in [0, 0.05) is 35.2 Å². The Hall–Kier alpha value is -5.30. The second kappa shape index (κ2) is 16.2. The molecule has 0 saturated carbocycles. The Kier molecular flexibility index (Phi) is 11.9. The van der Waals surface area contributed by atoms with Crippen LogP contribution in [0.1, 0.15) is 72.1 Å². The lowest BCUT2D eigenvalue weighted by Crippen LogP contribution is -2.30. The van der Waals surface area contributed by atoms with Gasteiger partial charge < -0.3 is 30.6 Å². The van der Waals surface area contributed by atoms with Crippen molar-refractivity contribution in [3.63, 3.8) is 0 Å². The van der Waals surface area contributed by atoms with Crippen molar-refractivity contribution in [1.82, 2.24) is 10.6 Å². The fourth-order valence-electron chi connectivity index (χ4n) is 6.23. The van der Waals surface area contributed by atoms with Crippen molar-refractivity contribution in [2.24, 2.45) is 0 Å². The second-order valence-electron chi connectivity index (χ2n) is 12.4. The Balaban J connectivity index is 1.36. The molecule has 2 aliphatic carbocycles. The smallest absolute Gasteiger partial charge is 0.407 e. The molecule has 1 aliphatic heterocycles. The fraction of sp³-hybridized carbons (Fsp3) is 0.314. The maximum atomic E-state index is 13.1. The zero-order chi connectivity index (χ0) is 38.5. The number of rotatable bonds is 12. The van der Waals surface area contributed by atoms with E-state index in [0.29, 0.717) is 25.8 Å².